The molecule has 0 heterocycles. The summed E-state index contributed by atoms with van der Waals surface area (Å²) in [7, 11) is 0. The molecule has 0 nitrogen and oxygen atoms in total. The van der Waals surface area contributed by atoms with Crippen LogP contribution < -0.4 is 0 Å². The van der Waals surface area contributed by atoms with Crippen molar-refractivity contribution in [3.8, 4) is 0 Å². The Bertz CT molecular complexity index is 352. The molecule has 1 atom stereocenters. The summed E-state index contributed by atoms with van der Waals surface area (Å²) < 4.78 is 0. The minimum Gasteiger partial charge on any atom is -0.118 e. The van der Waals surface area contributed by atoms with Gasteiger partial charge in [-0.3, -0.25) is 0 Å². The van der Waals surface area contributed by atoms with Crippen LogP contribution >= 0.6 is 11.6 Å². The summed E-state index contributed by atoms with van der Waals surface area (Å²) in [6, 6.07) is 6.87. The predicted molar refractivity (Wildman–Crippen MR) is 59.8 cm³/mol. The van der Waals surface area contributed by atoms with Crippen molar-refractivity contribution in [2.45, 2.75) is 37.5 Å². The van der Waals surface area contributed by atoms with Crippen LogP contribution in [0.3, 0.4) is 0 Å². The number of hydrogen-bond acceptors (Lipinski definition) is 0. The van der Waals surface area contributed by atoms with E-state index in [1.54, 1.807) is 11.1 Å². The quantitative estimate of drug-likeness (QED) is 0.645. The molecule has 1 heteroatoms. The monoisotopic (exact) mass is 206 g/mol. The first-order valence-electron chi connectivity index (χ1n) is 5.60. The van der Waals surface area contributed by atoms with Crippen molar-refractivity contribution < 1.29 is 0 Å². The van der Waals surface area contributed by atoms with E-state index >= 15 is 0 Å². The van der Waals surface area contributed by atoms with Gasteiger partial charge >= 0.3 is 0 Å². The minimum atomic E-state index is 0.279. The molecule has 74 valence electrons. The summed E-state index contributed by atoms with van der Waals surface area (Å²) >= 11 is 6.41. The zero-order valence-electron chi connectivity index (χ0n) is 8.30. The van der Waals surface area contributed by atoms with Crippen LogP contribution in [0.5, 0.6) is 0 Å². The first-order chi connectivity index (χ1) is 6.84. The van der Waals surface area contributed by atoms with E-state index in [2.05, 4.69) is 18.2 Å². The SMILES string of the molecule is ClC(c1ccc2c(c1)CCC2)C1CC1. The first kappa shape index (κ1) is 8.79. The summed E-state index contributed by atoms with van der Waals surface area (Å²) in [4.78, 5) is 0. The van der Waals surface area contributed by atoms with Gasteiger partial charge < -0.3 is 0 Å². The molecular weight excluding hydrogens is 192 g/mol. The average molecular weight is 207 g/mol. The number of hydrogen-bond donors (Lipinski definition) is 0. The van der Waals surface area contributed by atoms with Gasteiger partial charge in [-0.1, -0.05) is 18.2 Å². The van der Waals surface area contributed by atoms with E-state index in [0.717, 1.165) is 5.92 Å². The van der Waals surface area contributed by atoms with Crippen molar-refractivity contribution in [3.63, 3.8) is 0 Å². The average Bonchev–Trinajstić information content (AvgIpc) is 2.95. The Morgan fingerprint density at radius 1 is 1.14 bits per heavy atom. The van der Waals surface area contributed by atoms with Crippen LogP contribution in [0.25, 0.3) is 0 Å². The molecule has 0 N–H and O–H groups in total. The topological polar surface area (TPSA) is 0 Å². The van der Waals surface area contributed by atoms with Gasteiger partial charge in [0.25, 0.3) is 0 Å². The highest BCUT2D eigenvalue weighted by Crippen LogP contribution is 2.45. The normalized spacial score (nSPS) is 22.1. The van der Waals surface area contributed by atoms with Crippen molar-refractivity contribution in [2.24, 2.45) is 5.92 Å². The third-order valence-electron chi connectivity index (χ3n) is 3.48. The van der Waals surface area contributed by atoms with Crippen LogP contribution in [-0.2, 0) is 12.8 Å². The van der Waals surface area contributed by atoms with E-state index in [-0.39, 0.29) is 5.38 Å². The molecule has 14 heavy (non-hydrogen) atoms. The number of benzene rings is 1. The molecule has 0 bridgehead atoms. The van der Waals surface area contributed by atoms with Gasteiger partial charge in [0.05, 0.1) is 5.38 Å². The highest BCUT2D eigenvalue weighted by Gasteiger charge is 2.31. The molecule has 1 saturated carbocycles. The van der Waals surface area contributed by atoms with Crippen molar-refractivity contribution in [1.82, 2.24) is 0 Å². The summed E-state index contributed by atoms with van der Waals surface area (Å²) in [5.74, 6) is 0.760. The Hall–Kier alpha value is -0.490. The van der Waals surface area contributed by atoms with Crippen LogP contribution in [-0.4, -0.2) is 0 Å². The number of aryl methyl sites for hydroxylation is 2. The number of rotatable bonds is 2. The molecule has 1 aromatic carbocycles. The molecule has 0 amide bonds. The lowest BCUT2D eigenvalue weighted by atomic mass is 10.0. The lowest BCUT2D eigenvalue weighted by Gasteiger charge is -2.10. The molecule has 1 aromatic rings. The summed E-state index contributed by atoms with van der Waals surface area (Å²) in [6.07, 6.45) is 6.51. The minimum absolute atomic E-state index is 0.279. The Labute approximate surface area is 90.3 Å². The second-order valence-corrected chi connectivity index (χ2v) is 5.09. The van der Waals surface area contributed by atoms with E-state index in [0.29, 0.717) is 0 Å². The van der Waals surface area contributed by atoms with E-state index in [9.17, 15) is 0 Å². The lowest BCUT2D eigenvalue weighted by Crippen LogP contribution is -1.94. The smallest absolute Gasteiger partial charge is 0.0613 e. The van der Waals surface area contributed by atoms with Gasteiger partial charge in [-0.25, -0.2) is 0 Å². The van der Waals surface area contributed by atoms with Crippen molar-refractivity contribution in [3.05, 3.63) is 34.9 Å². The molecule has 1 fully saturated rings. The third-order valence-corrected chi connectivity index (χ3v) is 4.09. The molecule has 0 radical (unpaired) electrons. The van der Waals surface area contributed by atoms with Crippen LogP contribution in [0, 0.1) is 5.92 Å². The number of halogens is 1. The highest BCUT2D eigenvalue weighted by molar-refractivity contribution is 6.21. The van der Waals surface area contributed by atoms with Gasteiger partial charge in [0, 0.05) is 0 Å². The van der Waals surface area contributed by atoms with Crippen LogP contribution in [0.4, 0.5) is 0 Å². The second-order valence-electron chi connectivity index (χ2n) is 4.62. The van der Waals surface area contributed by atoms with Gasteiger partial charge in [-0.05, 0) is 54.7 Å². The van der Waals surface area contributed by atoms with E-state index in [1.807, 2.05) is 0 Å². The van der Waals surface area contributed by atoms with Crippen LogP contribution in [0.2, 0.25) is 0 Å². The highest BCUT2D eigenvalue weighted by atomic mass is 35.5. The molecule has 1 unspecified atom stereocenters. The summed E-state index contributed by atoms with van der Waals surface area (Å²) in [5.41, 5.74) is 4.46. The van der Waals surface area contributed by atoms with Gasteiger partial charge in [-0.15, -0.1) is 11.6 Å². The third kappa shape index (κ3) is 1.46. The molecule has 0 saturated heterocycles. The fraction of sp³-hybridized carbons (Fsp3) is 0.538. The van der Waals surface area contributed by atoms with Crippen molar-refractivity contribution in [1.29, 1.82) is 0 Å². The summed E-state index contributed by atoms with van der Waals surface area (Å²) in [5, 5.41) is 0.279. The maximum absolute atomic E-state index is 6.41. The van der Waals surface area contributed by atoms with Crippen LogP contribution in [0.1, 0.15) is 41.3 Å². The Balaban J connectivity index is 1.91. The zero-order chi connectivity index (χ0) is 9.54. The van der Waals surface area contributed by atoms with Crippen molar-refractivity contribution in [2.75, 3.05) is 0 Å². The predicted octanol–water partition coefficient (Wildman–Crippen LogP) is 3.87. The zero-order valence-corrected chi connectivity index (χ0v) is 9.06. The molecule has 0 aromatic heterocycles. The van der Waals surface area contributed by atoms with E-state index in [1.165, 1.54) is 37.7 Å². The Morgan fingerprint density at radius 3 is 2.71 bits per heavy atom. The van der Waals surface area contributed by atoms with E-state index in [4.69, 9.17) is 11.6 Å². The largest absolute Gasteiger partial charge is 0.118 e. The summed E-state index contributed by atoms with van der Waals surface area (Å²) in [6.45, 7) is 0. The van der Waals surface area contributed by atoms with Gasteiger partial charge in [0.15, 0.2) is 0 Å². The second kappa shape index (κ2) is 3.27. The maximum atomic E-state index is 6.41. The standard InChI is InChI=1S/C13H15Cl/c14-13(10-5-6-10)12-7-4-9-2-1-3-11(9)8-12/h4,7-8,10,13H,1-3,5-6H2. The van der Waals surface area contributed by atoms with Gasteiger partial charge in [0.1, 0.15) is 0 Å². The Kier molecular flexibility index (Phi) is 2.05. The van der Waals surface area contributed by atoms with Gasteiger partial charge in [-0.2, -0.15) is 0 Å². The molecule has 0 aliphatic heterocycles. The molecular formula is C13H15Cl. The number of fused-ring (bicyclic) bond motifs is 1. The van der Waals surface area contributed by atoms with Crippen LogP contribution in [0.15, 0.2) is 18.2 Å². The maximum Gasteiger partial charge on any atom is 0.0613 e. The molecule has 3 rings (SSSR count). The first-order valence-corrected chi connectivity index (χ1v) is 6.04. The molecule has 2 aliphatic carbocycles. The lowest BCUT2D eigenvalue weighted by molar-refractivity contribution is 0.796. The molecule has 2 aliphatic rings. The van der Waals surface area contributed by atoms with Crippen molar-refractivity contribution >= 4 is 11.6 Å². The van der Waals surface area contributed by atoms with Gasteiger partial charge in [0.2, 0.25) is 0 Å². The molecule has 0 spiro atoms. The number of alkyl halides is 1. The van der Waals surface area contributed by atoms with E-state index < -0.39 is 0 Å². The fourth-order valence-electron chi connectivity index (χ4n) is 2.42. The Morgan fingerprint density at radius 2 is 1.93 bits per heavy atom. The fourth-order valence-corrected chi connectivity index (χ4v) is 2.81.